The maximum absolute atomic E-state index is 13.3. The van der Waals surface area contributed by atoms with Crippen molar-refractivity contribution in [2.45, 2.75) is 36.8 Å². The summed E-state index contributed by atoms with van der Waals surface area (Å²) in [7, 11) is 0. The smallest absolute Gasteiger partial charge is 0.233 e. The molecule has 0 atom stereocenters. The molecule has 0 aliphatic carbocycles. The molecule has 1 aromatic heterocycles. The molecule has 9 heteroatoms. The number of amides is 1. The molecular weight excluding hydrogens is 508 g/mol. The van der Waals surface area contributed by atoms with Gasteiger partial charge in [-0.1, -0.05) is 84.0 Å². The number of carbonyl (C=O) groups is 1. The normalized spacial score (nSPS) is 16.7. The first-order valence-electron chi connectivity index (χ1n) is 12.6. The fourth-order valence-electron chi connectivity index (χ4n) is 4.70. The Morgan fingerprint density at radius 1 is 0.973 bits per heavy atom. The van der Waals surface area contributed by atoms with Crippen molar-refractivity contribution in [2.24, 2.45) is 0 Å². The minimum Gasteiger partial charge on any atom is -0.356 e. The van der Waals surface area contributed by atoms with Gasteiger partial charge in [0.1, 0.15) is 11.0 Å². The van der Waals surface area contributed by atoms with Crippen molar-refractivity contribution in [1.82, 2.24) is 14.9 Å². The van der Waals surface area contributed by atoms with Gasteiger partial charge in [0.05, 0.1) is 19.0 Å². The number of rotatable bonds is 9. The maximum Gasteiger partial charge on any atom is 0.233 e. The van der Waals surface area contributed by atoms with Crippen LogP contribution in [0.15, 0.2) is 71.9 Å². The van der Waals surface area contributed by atoms with Crippen LogP contribution in [0.3, 0.4) is 0 Å². The first-order valence-corrected chi connectivity index (χ1v) is 14.0. The van der Waals surface area contributed by atoms with Crippen LogP contribution in [0.2, 0.25) is 5.15 Å². The Kier molecular flexibility index (Phi) is 8.61. The van der Waals surface area contributed by atoms with Gasteiger partial charge in [-0.2, -0.15) is 0 Å². The van der Waals surface area contributed by atoms with Gasteiger partial charge in [-0.3, -0.25) is 4.79 Å². The monoisotopic (exact) mass is 538 g/mol. The zero-order chi connectivity index (χ0) is 25.5. The lowest BCUT2D eigenvalue weighted by molar-refractivity contribution is -0.169. The van der Waals surface area contributed by atoms with E-state index in [0.29, 0.717) is 36.6 Å². The summed E-state index contributed by atoms with van der Waals surface area (Å²) in [5.41, 5.74) is 2.31. The first-order chi connectivity index (χ1) is 18.1. The van der Waals surface area contributed by atoms with Gasteiger partial charge in [0.2, 0.25) is 5.91 Å². The molecule has 0 unspecified atom stereocenters. The van der Waals surface area contributed by atoms with E-state index >= 15 is 0 Å². The predicted molar refractivity (Wildman–Crippen MR) is 146 cm³/mol. The molecule has 2 aliphatic heterocycles. The van der Waals surface area contributed by atoms with Crippen molar-refractivity contribution in [2.75, 3.05) is 43.5 Å². The zero-order valence-electron chi connectivity index (χ0n) is 20.7. The number of benzene rings is 2. The first kappa shape index (κ1) is 26.0. The topological polar surface area (TPSA) is 67.8 Å². The summed E-state index contributed by atoms with van der Waals surface area (Å²) < 4.78 is 11.7. The van der Waals surface area contributed by atoms with Crippen molar-refractivity contribution in [3.63, 3.8) is 0 Å². The standard InChI is InChI=1S/C28H31ClN4O3S/c29-24-19-25(32-15-12-28(13-16-32)35-17-18-36-28)31-27(30-24)37-21-26(34)33(20-23-9-5-2-6-10-23)14-11-22-7-3-1-4-8-22/h1-10,19H,11-18,20-21H2. The number of anilines is 1. The molecule has 5 rings (SSSR count). The van der Waals surface area contributed by atoms with E-state index in [1.54, 1.807) is 6.07 Å². The van der Waals surface area contributed by atoms with Crippen molar-refractivity contribution in [1.29, 1.82) is 0 Å². The summed E-state index contributed by atoms with van der Waals surface area (Å²) in [6.45, 7) is 4.04. The molecule has 194 valence electrons. The molecule has 0 saturated carbocycles. The van der Waals surface area contributed by atoms with Gasteiger partial charge in [0.25, 0.3) is 0 Å². The highest BCUT2D eigenvalue weighted by Gasteiger charge is 2.40. The van der Waals surface area contributed by atoms with Crippen LogP contribution in [-0.2, 0) is 27.2 Å². The Morgan fingerprint density at radius 3 is 2.30 bits per heavy atom. The molecule has 2 saturated heterocycles. The van der Waals surface area contributed by atoms with Crippen LogP contribution in [0.5, 0.6) is 0 Å². The molecule has 7 nitrogen and oxygen atoms in total. The number of hydrogen-bond donors (Lipinski definition) is 0. The van der Waals surface area contributed by atoms with Crippen molar-refractivity contribution >= 4 is 35.1 Å². The van der Waals surface area contributed by atoms with Crippen LogP contribution in [0.4, 0.5) is 5.82 Å². The summed E-state index contributed by atoms with van der Waals surface area (Å²) in [6.07, 6.45) is 2.36. The molecule has 37 heavy (non-hydrogen) atoms. The Labute approximate surface area is 227 Å². The quantitative estimate of drug-likeness (QED) is 0.219. The lowest BCUT2D eigenvalue weighted by atomic mass is 10.0. The van der Waals surface area contributed by atoms with Gasteiger partial charge >= 0.3 is 0 Å². The lowest BCUT2D eigenvalue weighted by Gasteiger charge is -2.38. The van der Waals surface area contributed by atoms with Gasteiger partial charge in [-0.05, 0) is 17.5 Å². The van der Waals surface area contributed by atoms with E-state index in [2.05, 4.69) is 22.0 Å². The van der Waals surface area contributed by atoms with Crippen molar-refractivity contribution in [3.8, 4) is 0 Å². The highest BCUT2D eigenvalue weighted by Crippen LogP contribution is 2.33. The average Bonchev–Trinajstić information content (AvgIpc) is 3.38. The molecule has 3 heterocycles. The van der Waals surface area contributed by atoms with E-state index in [4.69, 9.17) is 26.1 Å². The van der Waals surface area contributed by atoms with Gasteiger partial charge in [-0.15, -0.1) is 0 Å². The van der Waals surface area contributed by atoms with Crippen molar-refractivity contribution in [3.05, 3.63) is 83.0 Å². The minimum atomic E-state index is -0.445. The van der Waals surface area contributed by atoms with Crippen molar-refractivity contribution < 1.29 is 14.3 Å². The summed E-state index contributed by atoms with van der Waals surface area (Å²) in [4.78, 5) is 26.5. The number of piperidine rings is 1. The molecule has 2 aromatic carbocycles. The number of nitrogens with zero attached hydrogens (tertiary/aromatic N) is 4. The Hall–Kier alpha value is -2.65. The van der Waals surface area contributed by atoms with Crippen LogP contribution in [-0.4, -0.2) is 65.2 Å². The van der Waals surface area contributed by atoms with Gasteiger partial charge in [0, 0.05) is 45.1 Å². The van der Waals surface area contributed by atoms with Gasteiger partial charge in [0.15, 0.2) is 10.9 Å². The third kappa shape index (κ3) is 7.02. The Bertz CT molecular complexity index is 1170. The number of halogens is 1. The summed E-state index contributed by atoms with van der Waals surface area (Å²) in [6, 6.07) is 22.1. The van der Waals surface area contributed by atoms with Crippen LogP contribution in [0.25, 0.3) is 0 Å². The number of ether oxygens (including phenoxy) is 2. The minimum absolute atomic E-state index is 0.0466. The van der Waals surface area contributed by atoms with Crippen LogP contribution < -0.4 is 4.90 Å². The SMILES string of the molecule is O=C(CSc1nc(Cl)cc(N2CCC3(CC2)OCCO3)n1)N(CCc1ccccc1)Cc1ccccc1. The molecular formula is C28H31ClN4O3S. The van der Waals surface area contributed by atoms with E-state index in [9.17, 15) is 4.79 Å². The highest BCUT2D eigenvalue weighted by atomic mass is 35.5. The molecule has 0 radical (unpaired) electrons. The van der Waals surface area contributed by atoms with E-state index in [1.165, 1.54) is 17.3 Å². The third-order valence-electron chi connectivity index (χ3n) is 6.73. The fourth-order valence-corrected chi connectivity index (χ4v) is 5.68. The second kappa shape index (κ2) is 12.3. The lowest BCUT2D eigenvalue weighted by Crippen LogP contribution is -2.45. The van der Waals surface area contributed by atoms with E-state index < -0.39 is 5.79 Å². The van der Waals surface area contributed by atoms with Crippen LogP contribution >= 0.6 is 23.4 Å². The predicted octanol–water partition coefficient (Wildman–Crippen LogP) is 4.84. The second-order valence-electron chi connectivity index (χ2n) is 9.25. The highest BCUT2D eigenvalue weighted by molar-refractivity contribution is 7.99. The van der Waals surface area contributed by atoms with Gasteiger partial charge in [-0.25, -0.2) is 9.97 Å². The number of hydrogen-bond acceptors (Lipinski definition) is 7. The molecule has 3 aromatic rings. The van der Waals surface area contributed by atoms with Crippen LogP contribution in [0.1, 0.15) is 24.0 Å². The molecule has 1 spiro atoms. The van der Waals surface area contributed by atoms with E-state index in [0.717, 1.165) is 43.7 Å². The fraction of sp³-hybridized carbons (Fsp3) is 0.393. The molecule has 0 N–H and O–H groups in total. The molecule has 1 amide bonds. The largest absolute Gasteiger partial charge is 0.356 e. The number of aromatic nitrogens is 2. The number of thioether (sulfide) groups is 1. The summed E-state index contributed by atoms with van der Waals surface area (Å²) in [5.74, 6) is 0.615. The third-order valence-corrected chi connectivity index (χ3v) is 7.76. The average molecular weight is 539 g/mol. The molecule has 0 bridgehead atoms. The molecule has 2 aliphatic rings. The van der Waals surface area contributed by atoms with Gasteiger partial charge < -0.3 is 19.3 Å². The van der Waals surface area contributed by atoms with Crippen LogP contribution in [0, 0.1) is 0 Å². The Balaban J connectivity index is 1.22. The van der Waals surface area contributed by atoms with E-state index in [-0.39, 0.29) is 11.7 Å². The second-order valence-corrected chi connectivity index (χ2v) is 10.6. The zero-order valence-corrected chi connectivity index (χ0v) is 22.3. The summed E-state index contributed by atoms with van der Waals surface area (Å²) >= 11 is 7.68. The summed E-state index contributed by atoms with van der Waals surface area (Å²) in [5, 5.41) is 0.881. The number of carbonyl (C=O) groups excluding carboxylic acids is 1. The molecule has 2 fully saturated rings. The maximum atomic E-state index is 13.3. The van der Waals surface area contributed by atoms with E-state index in [1.807, 2.05) is 53.4 Å². The Morgan fingerprint density at radius 2 is 1.62 bits per heavy atom.